The average Bonchev–Trinajstić information content (AvgIpc) is 3.38. The maximum absolute atomic E-state index is 13.6. The van der Waals surface area contributed by atoms with Gasteiger partial charge in [0.1, 0.15) is 17.2 Å². The molecule has 37 heavy (non-hydrogen) atoms. The highest BCUT2D eigenvalue weighted by atomic mass is 19.1. The Kier molecular flexibility index (Phi) is 7.37. The molecule has 4 N–H and O–H groups in total. The number of aromatic nitrogens is 2. The van der Waals surface area contributed by atoms with Gasteiger partial charge in [-0.1, -0.05) is 24.3 Å². The molecule has 0 atom stereocenters. The Balaban J connectivity index is 1.30. The number of ether oxygens (including phenoxy) is 1. The molecule has 1 saturated carbocycles. The van der Waals surface area contributed by atoms with Gasteiger partial charge in [0.25, 0.3) is 5.91 Å². The van der Waals surface area contributed by atoms with Crippen LogP contribution < -0.4 is 15.4 Å². The molecule has 192 valence electrons. The third-order valence-corrected chi connectivity index (χ3v) is 7.16. The second-order valence-corrected chi connectivity index (χ2v) is 9.55. The number of carbonyl (C=O) groups excluding carboxylic acids is 1. The van der Waals surface area contributed by atoms with Crippen molar-refractivity contribution < 1.29 is 19.0 Å². The molecular weight excluding hydrogens is 471 g/mol. The lowest BCUT2D eigenvalue weighted by Gasteiger charge is -2.29. The third-order valence-electron chi connectivity index (χ3n) is 7.16. The number of aromatic amines is 1. The van der Waals surface area contributed by atoms with E-state index in [0.717, 1.165) is 59.1 Å². The lowest BCUT2D eigenvalue weighted by Crippen LogP contribution is -2.27. The van der Waals surface area contributed by atoms with Gasteiger partial charge >= 0.3 is 0 Å². The van der Waals surface area contributed by atoms with Crippen molar-refractivity contribution in [1.82, 2.24) is 15.3 Å². The fourth-order valence-corrected chi connectivity index (χ4v) is 5.05. The molecule has 7 nitrogen and oxygen atoms in total. The molecule has 0 saturated heterocycles. The molecule has 1 amide bonds. The van der Waals surface area contributed by atoms with Crippen molar-refractivity contribution in [2.45, 2.75) is 38.3 Å². The summed E-state index contributed by atoms with van der Waals surface area (Å²) in [6.45, 7) is 0.574. The number of aliphatic hydroxyl groups excluding tert-OH is 1. The van der Waals surface area contributed by atoms with Crippen LogP contribution in [0.5, 0.6) is 5.75 Å². The van der Waals surface area contributed by atoms with Crippen molar-refractivity contribution in [3.8, 4) is 16.9 Å². The first-order chi connectivity index (χ1) is 18.1. The zero-order valence-corrected chi connectivity index (χ0v) is 20.8. The largest absolute Gasteiger partial charge is 0.496 e. The fraction of sp³-hybridized carbons (Fsp3) is 0.310. The van der Waals surface area contributed by atoms with Crippen LogP contribution in [0.1, 0.15) is 41.6 Å². The van der Waals surface area contributed by atoms with Gasteiger partial charge in [-0.15, -0.1) is 0 Å². The van der Waals surface area contributed by atoms with Gasteiger partial charge < -0.3 is 25.5 Å². The highest BCUT2D eigenvalue weighted by Crippen LogP contribution is 2.35. The summed E-state index contributed by atoms with van der Waals surface area (Å²) in [5.41, 5.74) is 5.04. The molecule has 0 spiro atoms. The molecule has 0 radical (unpaired) electrons. The van der Waals surface area contributed by atoms with Gasteiger partial charge in [0.05, 0.1) is 12.7 Å². The van der Waals surface area contributed by atoms with Crippen LogP contribution >= 0.6 is 0 Å². The lowest BCUT2D eigenvalue weighted by atomic mass is 9.86. The Labute approximate surface area is 215 Å². The topological polar surface area (TPSA) is 99.3 Å². The van der Waals surface area contributed by atoms with Crippen LogP contribution in [0.15, 0.2) is 60.9 Å². The van der Waals surface area contributed by atoms with E-state index in [-0.39, 0.29) is 12.2 Å². The van der Waals surface area contributed by atoms with Crippen LogP contribution in [0.2, 0.25) is 0 Å². The maximum Gasteiger partial charge on any atom is 0.255 e. The minimum absolute atomic E-state index is 0.162. The number of nitrogens with zero attached hydrogens (tertiary/aromatic N) is 1. The number of amides is 1. The summed E-state index contributed by atoms with van der Waals surface area (Å²) in [6.07, 6.45) is 7.92. The van der Waals surface area contributed by atoms with Gasteiger partial charge in [0.15, 0.2) is 0 Å². The molecule has 4 aromatic rings. The minimum Gasteiger partial charge on any atom is -0.496 e. The number of anilines is 1. The van der Waals surface area contributed by atoms with Crippen LogP contribution in [0.4, 0.5) is 10.1 Å². The predicted octanol–water partition coefficient (Wildman–Crippen LogP) is 5.27. The predicted molar refractivity (Wildman–Crippen MR) is 142 cm³/mol. The fourth-order valence-electron chi connectivity index (χ4n) is 5.05. The molecule has 1 aliphatic carbocycles. The standard InChI is InChI=1S/C29H31FN4O3/c1-37-26-11-8-21(30)14-23(26)29(36)33-15-18-2-6-20(7-3-18)24-16-32-28-27(24)25(12-13-31-28)34-22-9-4-19(17-35)5-10-22/h2-3,6-8,11-14,16,19,22,35H,4-5,9-10,15,17H2,1H3,(H,33,36)(H2,31,32,34)/t19-,22-. The normalized spacial score (nSPS) is 17.5. The first-order valence-electron chi connectivity index (χ1n) is 12.6. The Morgan fingerprint density at radius 3 is 2.65 bits per heavy atom. The van der Waals surface area contributed by atoms with Gasteiger partial charge in [-0.05, 0) is 67.0 Å². The van der Waals surface area contributed by atoms with E-state index in [1.165, 1.54) is 25.3 Å². The van der Waals surface area contributed by atoms with Crippen LogP contribution in [0.3, 0.4) is 0 Å². The van der Waals surface area contributed by atoms with Crippen LogP contribution in [0, 0.1) is 11.7 Å². The van der Waals surface area contributed by atoms with Crippen LogP contribution in [-0.4, -0.2) is 40.7 Å². The lowest BCUT2D eigenvalue weighted by molar-refractivity contribution is 0.0947. The Hall–Kier alpha value is -3.91. The SMILES string of the molecule is COc1ccc(F)cc1C(=O)NCc1ccc(-c2c[nH]c3nccc(N[C@H]4CC[C@H](CO)CC4)c23)cc1. The van der Waals surface area contributed by atoms with Gasteiger partial charge in [-0.3, -0.25) is 4.79 Å². The molecule has 0 bridgehead atoms. The Bertz CT molecular complexity index is 1380. The summed E-state index contributed by atoms with van der Waals surface area (Å²) in [5, 5.41) is 17.0. The van der Waals surface area contributed by atoms with Crippen molar-refractivity contribution in [2.75, 3.05) is 19.0 Å². The van der Waals surface area contributed by atoms with Gasteiger partial charge in [0, 0.05) is 48.2 Å². The van der Waals surface area contributed by atoms with Gasteiger partial charge in [-0.2, -0.15) is 0 Å². The number of pyridine rings is 1. The molecule has 2 heterocycles. The number of benzene rings is 2. The Morgan fingerprint density at radius 1 is 1.14 bits per heavy atom. The molecular formula is C29H31FN4O3. The zero-order chi connectivity index (χ0) is 25.8. The number of rotatable bonds is 8. The summed E-state index contributed by atoms with van der Waals surface area (Å²) in [5.74, 6) is -0.146. The van der Waals surface area contributed by atoms with E-state index in [4.69, 9.17) is 4.74 Å². The highest BCUT2D eigenvalue weighted by Gasteiger charge is 2.22. The molecule has 8 heteroatoms. The Morgan fingerprint density at radius 2 is 1.92 bits per heavy atom. The van der Waals surface area contributed by atoms with Crippen molar-refractivity contribution in [3.05, 3.63) is 77.9 Å². The van der Waals surface area contributed by atoms with E-state index < -0.39 is 11.7 Å². The molecule has 1 aliphatic rings. The molecule has 2 aromatic carbocycles. The van der Waals surface area contributed by atoms with Crippen molar-refractivity contribution in [3.63, 3.8) is 0 Å². The average molecular weight is 503 g/mol. The highest BCUT2D eigenvalue weighted by molar-refractivity contribution is 6.02. The maximum atomic E-state index is 13.6. The smallest absolute Gasteiger partial charge is 0.255 e. The molecule has 5 rings (SSSR count). The first kappa shape index (κ1) is 24.8. The molecule has 2 aromatic heterocycles. The summed E-state index contributed by atoms with van der Waals surface area (Å²) >= 11 is 0. The summed E-state index contributed by atoms with van der Waals surface area (Å²) < 4.78 is 18.8. The summed E-state index contributed by atoms with van der Waals surface area (Å²) in [7, 11) is 1.45. The van der Waals surface area contributed by atoms with E-state index in [1.807, 2.05) is 42.7 Å². The zero-order valence-electron chi connectivity index (χ0n) is 20.8. The van der Waals surface area contributed by atoms with E-state index in [0.29, 0.717) is 24.3 Å². The first-order valence-corrected chi connectivity index (χ1v) is 12.6. The minimum atomic E-state index is -0.491. The van der Waals surface area contributed by atoms with Crippen molar-refractivity contribution in [2.24, 2.45) is 5.92 Å². The summed E-state index contributed by atoms with van der Waals surface area (Å²) in [4.78, 5) is 20.4. The van der Waals surface area contributed by atoms with E-state index in [2.05, 4.69) is 20.6 Å². The molecule has 1 fully saturated rings. The van der Waals surface area contributed by atoms with E-state index >= 15 is 0 Å². The van der Waals surface area contributed by atoms with Crippen molar-refractivity contribution in [1.29, 1.82) is 0 Å². The summed E-state index contributed by atoms with van der Waals surface area (Å²) in [6, 6.07) is 14.3. The van der Waals surface area contributed by atoms with Gasteiger partial charge in [0.2, 0.25) is 0 Å². The number of carbonyl (C=O) groups is 1. The van der Waals surface area contributed by atoms with E-state index in [1.54, 1.807) is 0 Å². The number of methoxy groups -OCH3 is 1. The number of nitrogens with one attached hydrogen (secondary N) is 3. The number of H-pyrrole nitrogens is 1. The number of halogens is 1. The van der Waals surface area contributed by atoms with Crippen molar-refractivity contribution >= 4 is 22.6 Å². The number of aliphatic hydroxyl groups is 1. The number of fused-ring (bicyclic) bond motifs is 1. The van der Waals surface area contributed by atoms with Crippen LogP contribution in [0.25, 0.3) is 22.2 Å². The monoisotopic (exact) mass is 502 g/mol. The molecule has 0 aliphatic heterocycles. The second-order valence-electron chi connectivity index (χ2n) is 9.55. The number of hydrogen-bond donors (Lipinski definition) is 4. The van der Waals surface area contributed by atoms with Gasteiger partial charge in [-0.25, -0.2) is 9.37 Å². The van der Waals surface area contributed by atoms with Crippen LogP contribution in [-0.2, 0) is 6.54 Å². The van der Waals surface area contributed by atoms with E-state index in [9.17, 15) is 14.3 Å². The number of hydrogen-bond acceptors (Lipinski definition) is 5. The molecule has 0 unspecified atom stereocenters. The second kappa shape index (κ2) is 11.0. The quantitative estimate of drug-likeness (QED) is 0.263. The third kappa shape index (κ3) is 5.44.